The van der Waals surface area contributed by atoms with Crippen molar-refractivity contribution in [3.63, 3.8) is 0 Å². The monoisotopic (exact) mass is 395 g/mol. The number of amides is 1. The number of fused-ring (bicyclic) bond motifs is 1. The number of benzene rings is 1. The maximum atomic E-state index is 12.6. The van der Waals surface area contributed by atoms with Crippen molar-refractivity contribution in [2.24, 2.45) is 0 Å². The normalized spacial score (nSPS) is 15.1. The molecule has 1 amide bonds. The third-order valence-corrected chi connectivity index (χ3v) is 6.00. The van der Waals surface area contributed by atoms with Crippen molar-refractivity contribution >= 4 is 34.4 Å². The molecule has 1 saturated heterocycles. The van der Waals surface area contributed by atoms with Crippen molar-refractivity contribution in [3.8, 4) is 0 Å². The average Bonchev–Trinajstić information content (AvgIpc) is 3.01. The van der Waals surface area contributed by atoms with Crippen LogP contribution in [0.15, 0.2) is 36.5 Å². The van der Waals surface area contributed by atoms with Crippen molar-refractivity contribution in [2.45, 2.75) is 26.9 Å². The van der Waals surface area contributed by atoms with Gasteiger partial charge in [-0.3, -0.25) is 9.69 Å². The number of rotatable bonds is 5. The Morgan fingerprint density at radius 2 is 2.04 bits per heavy atom. The Morgan fingerprint density at radius 3 is 2.82 bits per heavy atom. The Morgan fingerprint density at radius 1 is 1.21 bits per heavy atom. The maximum Gasteiger partial charge on any atom is 0.246 e. The number of nitrogens with one attached hydrogen (secondary N) is 1. The van der Waals surface area contributed by atoms with E-state index in [-0.39, 0.29) is 12.5 Å². The fraction of sp³-hybridized carbons (Fsp3) is 0.381. The molecule has 0 bridgehead atoms. The number of aromatic nitrogens is 3. The lowest BCUT2D eigenvalue weighted by molar-refractivity contribution is -0.116. The molecule has 1 aliphatic rings. The SMILES string of the molecule is Cc1cc(CN2CCSCC2)ccc1NC(=O)Cn1nc(C)c2cccnc21. The summed E-state index contributed by atoms with van der Waals surface area (Å²) in [5.41, 5.74) is 4.84. The molecule has 3 aromatic rings. The zero-order valence-corrected chi connectivity index (χ0v) is 17.1. The molecule has 1 fully saturated rings. The second-order valence-electron chi connectivity index (χ2n) is 7.20. The van der Waals surface area contributed by atoms with E-state index in [1.165, 1.54) is 17.1 Å². The summed E-state index contributed by atoms with van der Waals surface area (Å²) in [6, 6.07) is 10.1. The first kappa shape index (κ1) is 19.0. The third-order valence-electron chi connectivity index (χ3n) is 5.06. The highest BCUT2D eigenvalue weighted by atomic mass is 32.2. The fourth-order valence-corrected chi connectivity index (χ4v) is 4.56. The van der Waals surface area contributed by atoms with Gasteiger partial charge in [-0.25, -0.2) is 9.67 Å². The van der Waals surface area contributed by atoms with E-state index in [9.17, 15) is 4.79 Å². The molecule has 1 aliphatic heterocycles. The van der Waals surface area contributed by atoms with Gasteiger partial charge in [-0.2, -0.15) is 16.9 Å². The van der Waals surface area contributed by atoms with Gasteiger partial charge in [-0.15, -0.1) is 0 Å². The molecule has 0 spiro atoms. The summed E-state index contributed by atoms with van der Waals surface area (Å²) < 4.78 is 1.66. The molecule has 7 heteroatoms. The molecule has 146 valence electrons. The minimum absolute atomic E-state index is 0.0982. The molecule has 0 radical (unpaired) electrons. The van der Waals surface area contributed by atoms with Gasteiger partial charge in [0.25, 0.3) is 0 Å². The quantitative estimate of drug-likeness (QED) is 0.719. The van der Waals surface area contributed by atoms with E-state index in [2.05, 4.69) is 32.4 Å². The van der Waals surface area contributed by atoms with Crippen LogP contribution in [0.1, 0.15) is 16.8 Å². The van der Waals surface area contributed by atoms with Crippen LogP contribution in [0.2, 0.25) is 0 Å². The van der Waals surface area contributed by atoms with E-state index in [0.29, 0.717) is 0 Å². The van der Waals surface area contributed by atoms with E-state index in [1.54, 1.807) is 10.9 Å². The summed E-state index contributed by atoms with van der Waals surface area (Å²) in [5, 5.41) is 8.46. The predicted molar refractivity (Wildman–Crippen MR) is 115 cm³/mol. The van der Waals surface area contributed by atoms with Crippen LogP contribution in [0.5, 0.6) is 0 Å². The second-order valence-corrected chi connectivity index (χ2v) is 8.43. The number of pyridine rings is 1. The first-order valence-corrected chi connectivity index (χ1v) is 10.7. The standard InChI is InChI=1S/C21H25N5OS/c1-15-12-17(13-25-8-10-28-11-9-25)5-6-19(15)23-20(27)14-26-21-18(16(2)24-26)4-3-7-22-21/h3-7,12H,8-11,13-14H2,1-2H3,(H,23,27). The van der Waals surface area contributed by atoms with E-state index in [4.69, 9.17) is 0 Å². The first-order valence-electron chi connectivity index (χ1n) is 9.58. The van der Waals surface area contributed by atoms with Gasteiger partial charge in [0.1, 0.15) is 6.54 Å². The molecule has 28 heavy (non-hydrogen) atoms. The van der Waals surface area contributed by atoms with E-state index < -0.39 is 0 Å². The van der Waals surface area contributed by atoms with Crippen LogP contribution in [0, 0.1) is 13.8 Å². The molecule has 1 aromatic carbocycles. The van der Waals surface area contributed by atoms with Gasteiger partial charge >= 0.3 is 0 Å². The largest absolute Gasteiger partial charge is 0.324 e. The van der Waals surface area contributed by atoms with Gasteiger partial charge in [0.15, 0.2) is 5.65 Å². The van der Waals surface area contributed by atoms with Crippen molar-refractivity contribution in [2.75, 3.05) is 29.9 Å². The number of hydrogen-bond donors (Lipinski definition) is 1. The number of thioether (sulfide) groups is 1. The second kappa shape index (κ2) is 8.32. The third kappa shape index (κ3) is 4.20. The Kier molecular flexibility index (Phi) is 5.64. The molecular weight excluding hydrogens is 370 g/mol. The molecule has 6 nitrogen and oxygen atoms in total. The highest BCUT2D eigenvalue weighted by Gasteiger charge is 2.14. The highest BCUT2D eigenvalue weighted by molar-refractivity contribution is 7.99. The van der Waals surface area contributed by atoms with Crippen molar-refractivity contribution in [1.29, 1.82) is 0 Å². The van der Waals surface area contributed by atoms with Gasteiger partial charge in [-0.1, -0.05) is 12.1 Å². The van der Waals surface area contributed by atoms with Crippen molar-refractivity contribution in [3.05, 3.63) is 53.3 Å². The van der Waals surface area contributed by atoms with Crippen molar-refractivity contribution in [1.82, 2.24) is 19.7 Å². The van der Waals surface area contributed by atoms with Gasteiger partial charge in [-0.05, 0) is 43.2 Å². The number of hydrogen-bond acceptors (Lipinski definition) is 5. The van der Waals surface area contributed by atoms with Crippen LogP contribution in [-0.2, 0) is 17.9 Å². The van der Waals surface area contributed by atoms with E-state index >= 15 is 0 Å². The summed E-state index contributed by atoms with van der Waals surface area (Å²) in [6.45, 7) is 7.39. The lowest BCUT2D eigenvalue weighted by atomic mass is 10.1. The number of anilines is 1. The van der Waals surface area contributed by atoms with Crippen LogP contribution in [0.25, 0.3) is 11.0 Å². The summed E-state index contributed by atoms with van der Waals surface area (Å²) >= 11 is 2.02. The lowest BCUT2D eigenvalue weighted by Crippen LogP contribution is -2.32. The molecule has 0 saturated carbocycles. The Hall–Kier alpha value is -2.38. The summed E-state index contributed by atoms with van der Waals surface area (Å²) in [4.78, 5) is 19.4. The Balaban J connectivity index is 1.42. The van der Waals surface area contributed by atoms with E-state index in [1.807, 2.05) is 43.8 Å². The summed E-state index contributed by atoms with van der Waals surface area (Å²) in [5.74, 6) is 2.33. The van der Waals surface area contributed by atoms with Crippen molar-refractivity contribution < 1.29 is 4.79 Å². The first-order chi connectivity index (χ1) is 13.6. The number of nitrogens with zero attached hydrogens (tertiary/aromatic N) is 4. The number of carbonyl (C=O) groups excluding carboxylic acids is 1. The number of carbonyl (C=O) groups is 1. The fourth-order valence-electron chi connectivity index (χ4n) is 3.59. The molecule has 2 aromatic heterocycles. The minimum atomic E-state index is -0.0982. The van der Waals surface area contributed by atoms with Gasteiger partial charge in [0.2, 0.25) is 5.91 Å². The van der Waals surface area contributed by atoms with E-state index in [0.717, 1.165) is 47.6 Å². The minimum Gasteiger partial charge on any atom is -0.324 e. The van der Waals surface area contributed by atoms with Crippen LogP contribution in [-0.4, -0.2) is 50.2 Å². The topological polar surface area (TPSA) is 63.1 Å². The van der Waals surface area contributed by atoms with Gasteiger partial charge in [0, 0.05) is 48.4 Å². The van der Waals surface area contributed by atoms with Gasteiger partial charge in [0.05, 0.1) is 5.69 Å². The predicted octanol–water partition coefficient (Wildman–Crippen LogP) is 3.24. The summed E-state index contributed by atoms with van der Waals surface area (Å²) in [6.07, 6.45) is 1.72. The molecule has 4 rings (SSSR count). The summed E-state index contributed by atoms with van der Waals surface area (Å²) in [7, 11) is 0. The molecule has 0 aliphatic carbocycles. The smallest absolute Gasteiger partial charge is 0.246 e. The average molecular weight is 396 g/mol. The maximum absolute atomic E-state index is 12.6. The van der Waals surface area contributed by atoms with Crippen LogP contribution in [0.3, 0.4) is 0 Å². The van der Waals surface area contributed by atoms with Crippen LogP contribution in [0.4, 0.5) is 5.69 Å². The number of aryl methyl sites for hydroxylation is 2. The Labute approximate surface area is 169 Å². The molecule has 1 N–H and O–H groups in total. The van der Waals surface area contributed by atoms with Crippen LogP contribution < -0.4 is 5.32 Å². The highest BCUT2D eigenvalue weighted by Crippen LogP contribution is 2.20. The molecule has 3 heterocycles. The molecule has 0 atom stereocenters. The lowest BCUT2D eigenvalue weighted by Gasteiger charge is -2.26. The zero-order chi connectivity index (χ0) is 19.5. The molecular formula is C21H25N5OS. The van der Waals surface area contributed by atoms with Gasteiger partial charge < -0.3 is 5.32 Å². The molecule has 0 unspecified atom stereocenters. The Bertz CT molecular complexity index is 994. The van der Waals surface area contributed by atoms with Crippen LogP contribution >= 0.6 is 11.8 Å². The zero-order valence-electron chi connectivity index (χ0n) is 16.3.